The van der Waals surface area contributed by atoms with E-state index < -0.39 is 0 Å². The molecule has 1 aromatic carbocycles. The standard InChI is InChI=1S/C13H11Br3OS/c1-7-5-10(15)8(6-9(7)14)12(16)13-11(17-2)3-4-18-13/h3-6,12H,1-2H3. The highest BCUT2D eigenvalue weighted by Crippen LogP contribution is 2.43. The Labute approximate surface area is 136 Å². The van der Waals surface area contributed by atoms with Gasteiger partial charge in [-0.15, -0.1) is 11.3 Å². The van der Waals surface area contributed by atoms with Gasteiger partial charge in [0.1, 0.15) is 5.75 Å². The van der Waals surface area contributed by atoms with Gasteiger partial charge in [-0.3, -0.25) is 0 Å². The van der Waals surface area contributed by atoms with Crippen LogP contribution in [0, 0.1) is 6.92 Å². The molecular weight excluding hydrogens is 444 g/mol. The fraction of sp³-hybridized carbons (Fsp3) is 0.231. The number of benzene rings is 1. The van der Waals surface area contributed by atoms with Gasteiger partial charge in [0.05, 0.1) is 16.8 Å². The quantitative estimate of drug-likeness (QED) is 0.511. The number of alkyl halides is 1. The lowest BCUT2D eigenvalue weighted by Gasteiger charge is -2.14. The third kappa shape index (κ3) is 2.84. The van der Waals surface area contributed by atoms with Crippen molar-refractivity contribution in [3.8, 4) is 5.75 Å². The highest BCUT2D eigenvalue weighted by molar-refractivity contribution is 9.11. The Bertz CT molecular complexity index is 565. The molecule has 1 heterocycles. The van der Waals surface area contributed by atoms with Crippen LogP contribution in [0.15, 0.2) is 32.5 Å². The second kappa shape index (κ2) is 6.07. The van der Waals surface area contributed by atoms with E-state index in [1.807, 2.05) is 11.4 Å². The molecule has 1 atom stereocenters. The van der Waals surface area contributed by atoms with E-state index in [0.29, 0.717) is 0 Å². The summed E-state index contributed by atoms with van der Waals surface area (Å²) in [6.07, 6.45) is 0. The van der Waals surface area contributed by atoms with E-state index >= 15 is 0 Å². The maximum atomic E-state index is 5.38. The van der Waals surface area contributed by atoms with Crippen molar-refractivity contribution in [1.29, 1.82) is 0 Å². The molecule has 1 unspecified atom stereocenters. The molecule has 0 N–H and O–H groups in total. The molecule has 1 nitrogen and oxygen atoms in total. The SMILES string of the molecule is COc1ccsc1C(Br)c1cc(Br)c(C)cc1Br. The summed E-state index contributed by atoms with van der Waals surface area (Å²) < 4.78 is 7.58. The third-order valence-corrected chi connectivity index (χ3v) is 6.42. The van der Waals surface area contributed by atoms with Crippen LogP contribution in [0.1, 0.15) is 20.8 Å². The Hall–Kier alpha value is 0.160. The third-order valence-electron chi connectivity index (χ3n) is 2.66. The first-order valence-electron chi connectivity index (χ1n) is 5.25. The zero-order chi connectivity index (χ0) is 13.3. The van der Waals surface area contributed by atoms with Crippen molar-refractivity contribution in [1.82, 2.24) is 0 Å². The van der Waals surface area contributed by atoms with Crippen LogP contribution in [-0.2, 0) is 0 Å². The van der Waals surface area contributed by atoms with E-state index in [0.717, 1.165) is 14.7 Å². The number of rotatable bonds is 3. The minimum absolute atomic E-state index is 0.124. The minimum Gasteiger partial charge on any atom is -0.496 e. The van der Waals surface area contributed by atoms with Crippen LogP contribution >= 0.6 is 59.1 Å². The van der Waals surface area contributed by atoms with Gasteiger partial charge in [0, 0.05) is 8.95 Å². The molecule has 2 rings (SSSR count). The summed E-state index contributed by atoms with van der Waals surface area (Å²) in [4.78, 5) is 1.30. The van der Waals surface area contributed by atoms with Crippen LogP contribution in [0.4, 0.5) is 0 Å². The summed E-state index contributed by atoms with van der Waals surface area (Å²) in [5.41, 5.74) is 2.40. The van der Waals surface area contributed by atoms with Crippen LogP contribution in [0.25, 0.3) is 0 Å². The molecule has 0 bridgehead atoms. The smallest absolute Gasteiger partial charge is 0.134 e. The average Bonchev–Trinajstić information content (AvgIpc) is 2.81. The highest BCUT2D eigenvalue weighted by Gasteiger charge is 2.19. The summed E-state index contributed by atoms with van der Waals surface area (Å²) in [6, 6.07) is 6.25. The second-order valence-corrected chi connectivity index (χ2v) is 7.41. The molecule has 1 aromatic heterocycles. The molecule has 0 aliphatic carbocycles. The van der Waals surface area contributed by atoms with Crippen molar-refractivity contribution in [3.05, 3.63) is 48.5 Å². The molecule has 18 heavy (non-hydrogen) atoms. The first-order chi connectivity index (χ1) is 8.54. The van der Waals surface area contributed by atoms with Crippen molar-refractivity contribution >= 4 is 59.1 Å². The van der Waals surface area contributed by atoms with Crippen molar-refractivity contribution in [2.75, 3.05) is 7.11 Å². The summed E-state index contributed by atoms with van der Waals surface area (Å²) in [5.74, 6) is 0.922. The van der Waals surface area contributed by atoms with Gasteiger partial charge in [0.25, 0.3) is 0 Å². The highest BCUT2D eigenvalue weighted by atomic mass is 79.9. The van der Waals surface area contributed by atoms with Crippen molar-refractivity contribution in [2.24, 2.45) is 0 Å². The zero-order valence-corrected chi connectivity index (χ0v) is 15.4. The maximum absolute atomic E-state index is 5.38. The molecule has 0 aliphatic heterocycles. The fourth-order valence-electron chi connectivity index (χ4n) is 1.66. The van der Waals surface area contributed by atoms with E-state index in [9.17, 15) is 0 Å². The average molecular weight is 455 g/mol. The van der Waals surface area contributed by atoms with Crippen LogP contribution in [0.3, 0.4) is 0 Å². The number of hydrogen-bond acceptors (Lipinski definition) is 2. The molecule has 0 saturated carbocycles. The van der Waals surface area contributed by atoms with E-state index in [-0.39, 0.29) is 4.83 Å². The van der Waals surface area contributed by atoms with E-state index in [2.05, 4.69) is 66.8 Å². The number of halogens is 3. The molecule has 0 radical (unpaired) electrons. The second-order valence-electron chi connectivity index (χ2n) is 3.84. The summed E-state index contributed by atoms with van der Waals surface area (Å²) in [6.45, 7) is 2.08. The van der Waals surface area contributed by atoms with Crippen LogP contribution in [-0.4, -0.2) is 7.11 Å². The first-order valence-corrected chi connectivity index (χ1v) is 8.63. The Morgan fingerprint density at radius 3 is 2.61 bits per heavy atom. The molecule has 0 aliphatic rings. The predicted molar refractivity (Wildman–Crippen MR) is 88.2 cm³/mol. The largest absolute Gasteiger partial charge is 0.496 e. The lowest BCUT2D eigenvalue weighted by atomic mass is 10.1. The van der Waals surface area contributed by atoms with Crippen LogP contribution in [0.2, 0.25) is 0 Å². The van der Waals surface area contributed by atoms with Crippen molar-refractivity contribution < 1.29 is 4.74 Å². The summed E-state index contributed by atoms with van der Waals surface area (Å²) in [7, 11) is 1.70. The molecule has 0 amide bonds. The summed E-state index contributed by atoms with van der Waals surface area (Å²) in [5, 5.41) is 2.04. The van der Waals surface area contributed by atoms with Gasteiger partial charge in [-0.1, -0.05) is 47.8 Å². The monoisotopic (exact) mass is 452 g/mol. The van der Waals surface area contributed by atoms with Gasteiger partial charge < -0.3 is 4.74 Å². The topological polar surface area (TPSA) is 9.23 Å². The molecule has 0 saturated heterocycles. The van der Waals surface area contributed by atoms with E-state index in [1.54, 1.807) is 18.4 Å². The molecule has 2 aromatic rings. The van der Waals surface area contributed by atoms with E-state index in [1.165, 1.54) is 16.0 Å². The van der Waals surface area contributed by atoms with Crippen molar-refractivity contribution in [3.63, 3.8) is 0 Å². The zero-order valence-electron chi connectivity index (χ0n) is 9.84. The van der Waals surface area contributed by atoms with Crippen LogP contribution < -0.4 is 4.74 Å². The Morgan fingerprint density at radius 2 is 1.94 bits per heavy atom. The number of aryl methyl sites for hydroxylation is 1. The number of thiophene rings is 1. The lowest BCUT2D eigenvalue weighted by molar-refractivity contribution is 0.413. The minimum atomic E-state index is 0.124. The van der Waals surface area contributed by atoms with Gasteiger partial charge in [0.15, 0.2) is 0 Å². The number of methoxy groups -OCH3 is 1. The van der Waals surface area contributed by atoms with Gasteiger partial charge in [-0.05, 0) is 41.6 Å². The number of ether oxygens (including phenoxy) is 1. The Balaban J connectivity index is 2.46. The lowest BCUT2D eigenvalue weighted by Crippen LogP contribution is -1.95. The van der Waals surface area contributed by atoms with Gasteiger partial charge in [-0.25, -0.2) is 0 Å². The normalized spacial score (nSPS) is 12.5. The molecule has 0 fully saturated rings. The Morgan fingerprint density at radius 1 is 1.22 bits per heavy atom. The Kier molecular flexibility index (Phi) is 4.92. The summed E-state index contributed by atoms with van der Waals surface area (Å²) >= 11 is 12.6. The predicted octanol–water partition coefficient (Wildman–Crippen LogP) is 6.07. The van der Waals surface area contributed by atoms with E-state index in [4.69, 9.17) is 4.74 Å². The van der Waals surface area contributed by atoms with Gasteiger partial charge in [0.2, 0.25) is 0 Å². The molecule has 5 heteroatoms. The first kappa shape index (κ1) is 14.6. The van der Waals surface area contributed by atoms with Gasteiger partial charge >= 0.3 is 0 Å². The fourth-order valence-corrected chi connectivity index (χ4v) is 4.80. The van der Waals surface area contributed by atoms with Crippen LogP contribution in [0.5, 0.6) is 5.75 Å². The number of hydrogen-bond donors (Lipinski definition) is 0. The molecule has 0 spiro atoms. The molecular formula is C13H11Br3OS. The maximum Gasteiger partial charge on any atom is 0.134 e. The van der Waals surface area contributed by atoms with Crippen molar-refractivity contribution in [2.45, 2.75) is 11.8 Å². The molecule has 96 valence electrons. The van der Waals surface area contributed by atoms with Gasteiger partial charge in [-0.2, -0.15) is 0 Å².